The molecule has 4 nitrogen and oxygen atoms in total. The van der Waals surface area contributed by atoms with Crippen LogP contribution in [0.5, 0.6) is 0 Å². The highest BCUT2D eigenvalue weighted by molar-refractivity contribution is 7.80. The van der Waals surface area contributed by atoms with Crippen LogP contribution in [0.25, 0.3) is 16.8 Å². The number of allylic oxidation sites excluding steroid dienone is 7. The summed E-state index contributed by atoms with van der Waals surface area (Å²) in [7, 11) is 0. The average molecular weight is 663 g/mol. The van der Waals surface area contributed by atoms with Crippen LogP contribution in [0.1, 0.15) is 61.7 Å². The summed E-state index contributed by atoms with van der Waals surface area (Å²) in [5.41, 5.74) is 10.7. The second kappa shape index (κ2) is 17.8. The molecular weight excluding hydrogens is 617 g/mol. The number of aliphatic imine (C=N–C) groups is 1. The number of nitrogens with one attached hydrogen (secondary N) is 3. The van der Waals surface area contributed by atoms with Crippen molar-refractivity contribution in [1.29, 1.82) is 0 Å². The maximum Gasteiger partial charge on any atom is 0.145 e. The van der Waals surface area contributed by atoms with Crippen molar-refractivity contribution in [3.63, 3.8) is 0 Å². The molecule has 0 fully saturated rings. The zero-order valence-corrected chi connectivity index (χ0v) is 29.5. The number of hydrogen-bond acceptors (Lipinski definition) is 5. The molecule has 0 aromatic heterocycles. The summed E-state index contributed by atoms with van der Waals surface area (Å²) in [6, 6.07) is 35.9. The van der Waals surface area contributed by atoms with Crippen LogP contribution < -0.4 is 16.0 Å². The highest BCUT2D eigenvalue weighted by atomic mass is 32.1. The van der Waals surface area contributed by atoms with E-state index in [0.717, 1.165) is 57.2 Å². The summed E-state index contributed by atoms with van der Waals surface area (Å²) in [6.45, 7) is 11.0. The number of thiol groups is 1. The maximum atomic E-state index is 5.21. The van der Waals surface area contributed by atoms with Gasteiger partial charge in [0, 0.05) is 34.6 Å². The lowest BCUT2D eigenvalue weighted by atomic mass is 9.97. The first-order valence-electron chi connectivity index (χ1n) is 17.0. The van der Waals surface area contributed by atoms with Gasteiger partial charge >= 0.3 is 0 Å². The van der Waals surface area contributed by atoms with Crippen LogP contribution in [0.2, 0.25) is 0 Å². The number of rotatable bonds is 11. The quantitative estimate of drug-likeness (QED) is 0.0955. The van der Waals surface area contributed by atoms with Crippen molar-refractivity contribution in [3.05, 3.63) is 192 Å². The monoisotopic (exact) mass is 662 g/mol. The van der Waals surface area contributed by atoms with Crippen LogP contribution in [0.15, 0.2) is 180 Å². The molecule has 0 aliphatic carbocycles. The molecule has 49 heavy (non-hydrogen) atoms. The lowest BCUT2D eigenvalue weighted by Crippen LogP contribution is -2.25. The van der Waals surface area contributed by atoms with E-state index in [1.165, 1.54) is 16.7 Å². The van der Waals surface area contributed by atoms with E-state index >= 15 is 0 Å². The Bertz CT molecular complexity index is 1880. The third-order valence-electron chi connectivity index (χ3n) is 7.98. The van der Waals surface area contributed by atoms with Crippen molar-refractivity contribution in [2.24, 2.45) is 4.99 Å². The minimum absolute atomic E-state index is 0.0663. The number of dihydropyridines is 1. The Balaban J connectivity index is 0.00000230. The van der Waals surface area contributed by atoms with Crippen molar-refractivity contribution in [1.82, 2.24) is 16.0 Å². The first kappa shape index (κ1) is 35.1. The van der Waals surface area contributed by atoms with Crippen LogP contribution in [0.4, 0.5) is 0 Å². The number of nitrogens with zero attached hydrogens (tertiary/aromatic N) is 1. The van der Waals surface area contributed by atoms with E-state index in [2.05, 4.69) is 156 Å². The summed E-state index contributed by atoms with van der Waals surface area (Å²) >= 11 is 4.85. The lowest BCUT2D eigenvalue weighted by Gasteiger charge is -2.25. The molecular formula is C44H46N4S. The molecule has 248 valence electrons. The molecule has 2 atom stereocenters. The Morgan fingerprint density at radius 3 is 2.29 bits per heavy atom. The molecule has 0 saturated heterocycles. The molecule has 0 bridgehead atoms. The van der Waals surface area contributed by atoms with Crippen LogP contribution >= 0.6 is 12.6 Å². The summed E-state index contributed by atoms with van der Waals surface area (Å²) in [5, 5.41) is 10.5. The van der Waals surface area contributed by atoms with Gasteiger partial charge in [0.15, 0.2) is 0 Å². The van der Waals surface area contributed by atoms with E-state index in [9.17, 15) is 0 Å². The molecule has 4 aromatic rings. The van der Waals surface area contributed by atoms with Crippen LogP contribution in [0, 0.1) is 0 Å². The second-order valence-corrected chi connectivity index (χ2v) is 12.2. The molecule has 0 spiro atoms. The van der Waals surface area contributed by atoms with Gasteiger partial charge in [-0.25, -0.2) is 0 Å². The second-order valence-electron chi connectivity index (χ2n) is 11.7. The Morgan fingerprint density at radius 1 is 0.898 bits per heavy atom. The predicted molar refractivity (Wildman–Crippen MR) is 213 cm³/mol. The fraction of sp³-hybridized carbons (Fsp3) is 0.159. The third kappa shape index (κ3) is 9.88. The molecule has 5 heteroatoms. The predicted octanol–water partition coefficient (Wildman–Crippen LogP) is 10.5. The van der Waals surface area contributed by atoms with E-state index in [1.807, 2.05) is 39.1 Å². The van der Waals surface area contributed by atoms with Gasteiger partial charge in [0.2, 0.25) is 0 Å². The van der Waals surface area contributed by atoms with Crippen molar-refractivity contribution < 1.29 is 0 Å². The van der Waals surface area contributed by atoms with Crippen molar-refractivity contribution in [2.75, 3.05) is 6.54 Å². The maximum absolute atomic E-state index is 5.21. The fourth-order valence-electron chi connectivity index (χ4n) is 5.68. The summed E-state index contributed by atoms with van der Waals surface area (Å²) < 4.78 is 0. The fourth-order valence-corrected chi connectivity index (χ4v) is 5.97. The van der Waals surface area contributed by atoms with E-state index in [0.29, 0.717) is 0 Å². The van der Waals surface area contributed by atoms with E-state index in [4.69, 9.17) is 17.6 Å². The highest BCUT2D eigenvalue weighted by Crippen LogP contribution is 2.30. The van der Waals surface area contributed by atoms with Gasteiger partial charge in [-0.3, -0.25) is 4.99 Å². The molecule has 4 aromatic carbocycles. The van der Waals surface area contributed by atoms with Gasteiger partial charge in [0.25, 0.3) is 0 Å². The van der Waals surface area contributed by atoms with Crippen LogP contribution in [0.3, 0.4) is 0 Å². The normalized spacial score (nSPS) is 16.0. The zero-order chi connectivity index (χ0) is 34.4. The smallest absolute Gasteiger partial charge is 0.145 e. The van der Waals surface area contributed by atoms with Crippen molar-refractivity contribution >= 4 is 24.0 Å². The molecule has 6 rings (SSSR count). The van der Waals surface area contributed by atoms with Crippen LogP contribution in [-0.2, 0) is 0 Å². The van der Waals surface area contributed by atoms with Crippen molar-refractivity contribution in [2.45, 2.75) is 44.3 Å². The molecule has 0 radical (unpaired) electrons. The summed E-state index contributed by atoms with van der Waals surface area (Å²) in [4.78, 5) is 6.09. The van der Waals surface area contributed by atoms with Gasteiger partial charge in [-0.2, -0.15) is 0 Å². The van der Waals surface area contributed by atoms with E-state index < -0.39 is 0 Å². The van der Waals surface area contributed by atoms with Gasteiger partial charge in [0.1, 0.15) is 6.17 Å². The van der Waals surface area contributed by atoms with Gasteiger partial charge < -0.3 is 16.0 Å². The topological polar surface area (TPSA) is 48.5 Å². The Morgan fingerprint density at radius 2 is 1.59 bits per heavy atom. The lowest BCUT2D eigenvalue weighted by molar-refractivity contribution is 0.664. The largest absolute Gasteiger partial charge is 0.387 e. The zero-order valence-electron chi connectivity index (χ0n) is 28.6. The summed E-state index contributed by atoms with van der Waals surface area (Å²) in [6.07, 6.45) is 17.7. The van der Waals surface area contributed by atoms with Gasteiger partial charge in [0.05, 0.1) is 11.8 Å². The Hall–Kier alpha value is -5.26. The molecule has 0 saturated carbocycles. The molecule has 2 heterocycles. The van der Waals surface area contributed by atoms with Gasteiger partial charge in [-0.05, 0) is 71.0 Å². The Kier molecular flexibility index (Phi) is 12.7. The minimum atomic E-state index is -0.229. The molecule has 0 amide bonds. The molecule has 2 unspecified atom stereocenters. The van der Waals surface area contributed by atoms with Crippen LogP contribution in [-0.4, -0.2) is 12.3 Å². The molecule has 3 N–H and O–H groups in total. The van der Waals surface area contributed by atoms with Gasteiger partial charge in [-0.1, -0.05) is 142 Å². The minimum Gasteiger partial charge on any atom is -0.387 e. The standard InChI is InChI=1S/C42H40N4S.C2H6/c1-30(2)44-39(19-11-3-6-13-31-14-12-24-43-29-31)36-25-37(27-38(47)26-36)41-28-40(45-42(46-41)35-17-9-5-10-18-35)34-22-20-33(21-23-34)32-15-7-4-8-16-32;1-2/h4-23,25-29,39,42-45,47H,1,3,24H2,2H3;1-2H3/b13-6-,19-11-;. The van der Waals surface area contributed by atoms with E-state index in [1.54, 1.807) is 0 Å². The number of benzene rings is 4. The average Bonchev–Trinajstić information content (AvgIpc) is 3.15. The summed E-state index contributed by atoms with van der Waals surface area (Å²) in [5.74, 6) is 0. The third-order valence-corrected chi connectivity index (χ3v) is 8.24. The van der Waals surface area contributed by atoms with E-state index in [-0.39, 0.29) is 12.2 Å². The first-order valence-corrected chi connectivity index (χ1v) is 17.4. The van der Waals surface area contributed by atoms with Crippen molar-refractivity contribution in [3.8, 4) is 11.1 Å². The Labute approximate surface area is 297 Å². The van der Waals surface area contributed by atoms with Gasteiger partial charge in [-0.15, -0.1) is 12.6 Å². The highest BCUT2D eigenvalue weighted by Gasteiger charge is 2.21. The molecule has 2 aliphatic rings. The molecule has 2 aliphatic heterocycles. The first-order chi connectivity index (χ1) is 24.0. The number of hydrogen-bond donors (Lipinski definition) is 4. The SMILES string of the molecule is C=C(C)NC(/C=C\C/C=C\C1=CNCC=C1)c1cc(S)cc(C2=NC(c3ccccc3)NC(c3ccc(-c4ccccc4)cc3)=C2)c1.CC.